The third-order valence-corrected chi connectivity index (χ3v) is 1.78. The summed E-state index contributed by atoms with van der Waals surface area (Å²) in [6, 6.07) is 0. The van der Waals surface area contributed by atoms with Crippen LogP contribution < -0.4 is 10.1 Å². The van der Waals surface area contributed by atoms with Crippen molar-refractivity contribution in [1.29, 1.82) is 0 Å². The van der Waals surface area contributed by atoms with Crippen LogP contribution in [0.5, 0.6) is 5.88 Å². The molecule has 1 rings (SSSR count). The number of amides is 1. The third kappa shape index (κ3) is 4.25. The maximum absolute atomic E-state index is 11.6. The Labute approximate surface area is 95.3 Å². The molecule has 1 aromatic heterocycles. The largest absolute Gasteiger partial charge is 0.480 e. The highest BCUT2D eigenvalue weighted by atomic mass is 16.5. The molecule has 0 bridgehead atoms. The lowest BCUT2D eigenvalue weighted by Crippen LogP contribution is -2.20. The van der Waals surface area contributed by atoms with Gasteiger partial charge in [0.15, 0.2) is 5.82 Å². The van der Waals surface area contributed by atoms with Crippen LogP contribution in [-0.4, -0.2) is 23.0 Å². The van der Waals surface area contributed by atoms with Crippen molar-refractivity contribution in [1.82, 2.24) is 9.97 Å². The summed E-state index contributed by atoms with van der Waals surface area (Å²) in [6.07, 6.45) is 3.41. The van der Waals surface area contributed by atoms with Crippen molar-refractivity contribution in [2.24, 2.45) is 5.41 Å². The molecule has 0 aliphatic carbocycles. The van der Waals surface area contributed by atoms with Crippen LogP contribution >= 0.6 is 0 Å². The Morgan fingerprint density at radius 2 is 2.12 bits per heavy atom. The van der Waals surface area contributed by atoms with Gasteiger partial charge < -0.3 is 10.1 Å². The van der Waals surface area contributed by atoms with Crippen molar-refractivity contribution in [2.45, 2.75) is 27.2 Å². The van der Waals surface area contributed by atoms with E-state index in [1.165, 1.54) is 19.5 Å². The van der Waals surface area contributed by atoms with Gasteiger partial charge in [0, 0.05) is 6.42 Å². The van der Waals surface area contributed by atoms with E-state index in [1.807, 2.05) is 20.8 Å². The molecule has 1 aromatic rings. The van der Waals surface area contributed by atoms with Gasteiger partial charge in [-0.2, -0.15) is 4.98 Å². The molecule has 16 heavy (non-hydrogen) atoms. The average molecular weight is 223 g/mol. The Morgan fingerprint density at radius 1 is 1.44 bits per heavy atom. The fourth-order valence-electron chi connectivity index (χ4n) is 1.18. The second-order valence-corrected chi connectivity index (χ2v) is 4.73. The predicted octanol–water partition coefficient (Wildman–Crippen LogP) is 1.86. The Kier molecular flexibility index (Phi) is 3.82. The molecule has 88 valence electrons. The highest BCUT2D eigenvalue weighted by Crippen LogP contribution is 2.19. The van der Waals surface area contributed by atoms with Crippen molar-refractivity contribution in [3.8, 4) is 5.88 Å². The molecule has 0 radical (unpaired) electrons. The molecule has 5 nitrogen and oxygen atoms in total. The van der Waals surface area contributed by atoms with E-state index in [0.29, 0.717) is 18.1 Å². The number of nitrogens with one attached hydrogen (secondary N) is 1. The first-order valence-electron chi connectivity index (χ1n) is 5.06. The standard InChI is InChI=1S/C11H17N3O2/c1-11(2,3)5-9(15)13-8-6-12-7-10(14-8)16-4/h6-7H,5H2,1-4H3,(H,13,14,15). The first kappa shape index (κ1) is 12.4. The minimum Gasteiger partial charge on any atom is -0.480 e. The van der Waals surface area contributed by atoms with Gasteiger partial charge in [-0.15, -0.1) is 0 Å². The zero-order valence-corrected chi connectivity index (χ0v) is 10.1. The van der Waals surface area contributed by atoms with Crippen molar-refractivity contribution < 1.29 is 9.53 Å². The van der Waals surface area contributed by atoms with Crippen LogP contribution in [0.15, 0.2) is 12.4 Å². The molecule has 0 aliphatic heterocycles. The zero-order chi connectivity index (χ0) is 12.2. The first-order chi connectivity index (χ1) is 7.40. The summed E-state index contributed by atoms with van der Waals surface area (Å²) in [4.78, 5) is 19.6. The number of methoxy groups -OCH3 is 1. The molecule has 0 saturated carbocycles. The van der Waals surface area contributed by atoms with Gasteiger partial charge in [-0.05, 0) is 5.41 Å². The van der Waals surface area contributed by atoms with Gasteiger partial charge in [0.1, 0.15) is 0 Å². The van der Waals surface area contributed by atoms with Gasteiger partial charge in [0.25, 0.3) is 0 Å². The molecule has 1 heterocycles. The summed E-state index contributed by atoms with van der Waals surface area (Å²) >= 11 is 0. The average Bonchev–Trinajstić information content (AvgIpc) is 2.15. The number of hydrogen-bond acceptors (Lipinski definition) is 4. The third-order valence-electron chi connectivity index (χ3n) is 1.78. The van der Waals surface area contributed by atoms with Crippen LogP contribution in [0.4, 0.5) is 5.82 Å². The van der Waals surface area contributed by atoms with Gasteiger partial charge >= 0.3 is 0 Å². The number of carbonyl (C=O) groups excluding carboxylic acids is 1. The molecule has 0 saturated heterocycles. The highest BCUT2D eigenvalue weighted by molar-refractivity contribution is 5.90. The molecule has 5 heteroatoms. The van der Waals surface area contributed by atoms with Gasteiger partial charge in [0.2, 0.25) is 11.8 Å². The van der Waals surface area contributed by atoms with E-state index in [2.05, 4.69) is 15.3 Å². The van der Waals surface area contributed by atoms with Crippen molar-refractivity contribution in [2.75, 3.05) is 12.4 Å². The smallest absolute Gasteiger partial charge is 0.233 e. The number of aromatic nitrogens is 2. The molecule has 0 fully saturated rings. The van der Waals surface area contributed by atoms with Crippen LogP contribution in [0.25, 0.3) is 0 Å². The van der Waals surface area contributed by atoms with Crippen molar-refractivity contribution >= 4 is 11.7 Å². The lowest BCUT2D eigenvalue weighted by Gasteiger charge is -2.16. The van der Waals surface area contributed by atoms with E-state index < -0.39 is 0 Å². The minimum absolute atomic E-state index is 0.0453. The van der Waals surface area contributed by atoms with Crippen LogP contribution in [0.2, 0.25) is 0 Å². The second kappa shape index (κ2) is 4.92. The normalized spacial score (nSPS) is 11.0. The molecule has 0 atom stereocenters. The molecule has 0 aromatic carbocycles. The number of hydrogen-bond donors (Lipinski definition) is 1. The zero-order valence-electron chi connectivity index (χ0n) is 10.1. The van der Waals surface area contributed by atoms with Crippen LogP contribution in [0.1, 0.15) is 27.2 Å². The van der Waals surface area contributed by atoms with Gasteiger partial charge in [0.05, 0.1) is 19.5 Å². The Bertz CT molecular complexity index is 372. The fraction of sp³-hybridized carbons (Fsp3) is 0.545. The fourth-order valence-corrected chi connectivity index (χ4v) is 1.18. The summed E-state index contributed by atoms with van der Waals surface area (Å²) in [6.45, 7) is 6.01. The highest BCUT2D eigenvalue weighted by Gasteiger charge is 2.16. The molecular weight excluding hydrogens is 206 g/mol. The number of ether oxygens (including phenoxy) is 1. The molecule has 1 N–H and O–H groups in total. The Balaban J connectivity index is 2.62. The van der Waals surface area contributed by atoms with E-state index in [1.54, 1.807) is 0 Å². The van der Waals surface area contributed by atoms with Crippen molar-refractivity contribution in [3.63, 3.8) is 0 Å². The topological polar surface area (TPSA) is 64.1 Å². The van der Waals surface area contributed by atoms with E-state index >= 15 is 0 Å². The van der Waals surface area contributed by atoms with Crippen LogP contribution in [0.3, 0.4) is 0 Å². The van der Waals surface area contributed by atoms with E-state index in [4.69, 9.17) is 4.74 Å². The summed E-state index contributed by atoms with van der Waals surface area (Å²) in [5, 5.41) is 2.68. The molecule has 0 spiro atoms. The molecule has 0 aliphatic rings. The quantitative estimate of drug-likeness (QED) is 0.849. The lowest BCUT2D eigenvalue weighted by molar-refractivity contribution is -0.117. The summed E-state index contributed by atoms with van der Waals surface area (Å²) < 4.78 is 4.91. The molecule has 1 amide bonds. The maximum Gasteiger partial charge on any atom is 0.233 e. The monoisotopic (exact) mass is 223 g/mol. The van der Waals surface area contributed by atoms with Gasteiger partial charge in [-0.1, -0.05) is 20.8 Å². The predicted molar refractivity (Wildman–Crippen MR) is 61.3 cm³/mol. The van der Waals surface area contributed by atoms with Crippen LogP contribution in [-0.2, 0) is 4.79 Å². The molecule has 0 unspecified atom stereocenters. The van der Waals surface area contributed by atoms with Gasteiger partial charge in [-0.3, -0.25) is 9.78 Å². The van der Waals surface area contributed by atoms with Crippen molar-refractivity contribution in [3.05, 3.63) is 12.4 Å². The van der Waals surface area contributed by atoms with Crippen LogP contribution in [0, 0.1) is 5.41 Å². The van der Waals surface area contributed by atoms with Gasteiger partial charge in [-0.25, -0.2) is 0 Å². The number of nitrogens with zero attached hydrogens (tertiary/aromatic N) is 2. The number of rotatable bonds is 3. The SMILES string of the molecule is COc1cncc(NC(=O)CC(C)(C)C)n1. The molecular formula is C11H17N3O2. The summed E-state index contributed by atoms with van der Waals surface area (Å²) in [7, 11) is 1.50. The first-order valence-corrected chi connectivity index (χ1v) is 5.06. The van der Waals surface area contributed by atoms with E-state index in [9.17, 15) is 4.79 Å². The summed E-state index contributed by atoms with van der Waals surface area (Å²) in [5.74, 6) is 0.720. The van der Waals surface area contributed by atoms with E-state index in [-0.39, 0.29) is 11.3 Å². The minimum atomic E-state index is -0.0740. The number of anilines is 1. The second-order valence-electron chi connectivity index (χ2n) is 4.73. The number of carbonyl (C=O) groups is 1. The van der Waals surface area contributed by atoms with E-state index in [0.717, 1.165) is 0 Å². The lowest BCUT2D eigenvalue weighted by atomic mass is 9.92. The Hall–Kier alpha value is -1.65. The summed E-state index contributed by atoms with van der Waals surface area (Å²) in [5.41, 5.74) is -0.0453. The maximum atomic E-state index is 11.6. The Morgan fingerprint density at radius 3 is 2.69 bits per heavy atom.